The number of methoxy groups -OCH3 is 2. The van der Waals surface area contributed by atoms with Crippen LogP contribution in [-0.2, 0) is 19.6 Å². The fourth-order valence-corrected chi connectivity index (χ4v) is 4.83. The molecule has 174 valence electrons. The first kappa shape index (κ1) is 23.8. The van der Waals surface area contributed by atoms with Gasteiger partial charge in [0.05, 0.1) is 38.0 Å². The minimum Gasteiger partial charge on any atom is -0.497 e. The normalized spacial score (nSPS) is 14.6. The first-order valence-corrected chi connectivity index (χ1v) is 11.8. The topological polar surface area (TPSA) is 97.4 Å². The van der Waals surface area contributed by atoms with Crippen molar-refractivity contribution in [1.82, 2.24) is 10.2 Å². The van der Waals surface area contributed by atoms with Gasteiger partial charge in [-0.05, 0) is 24.3 Å². The molecule has 0 aliphatic carbocycles. The molecular weight excluding hydrogens is 434 g/mol. The largest absolute Gasteiger partial charge is 0.497 e. The van der Waals surface area contributed by atoms with Crippen LogP contribution < -0.4 is 19.1 Å². The summed E-state index contributed by atoms with van der Waals surface area (Å²) in [6.07, 6.45) is 0. The minimum atomic E-state index is -4.02. The van der Waals surface area contributed by atoms with Gasteiger partial charge in [-0.3, -0.25) is 14.0 Å². The van der Waals surface area contributed by atoms with Crippen LogP contribution in [0.3, 0.4) is 0 Å². The maximum absolute atomic E-state index is 13.4. The number of amides is 1. The molecule has 1 aliphatic heterocycles. The first-order chi connectivity index (χ1) is 15.5. The average Bonchev–Trinajstić information content (AvgIpc) is 2.83. The van der Waals surface area contributed by atoms with Gasteiger partial charge in [0, 0.05) is 32.2 Å². The van der Waals surface area contributed by atoms with Crippen LogP contribution >= 0.6 is 0 Å². The molecule has 10 heteroatoms. The summed E-state index contributed by atoms with van der Waals surface area (Å²) in [5, 5.41) is 2.82. The number of morpholine rings is 1. The van der Waals surface area contributed by atoms with E-state index in [-0.39, 0.29) is 22.9 Å². The third-order valence-electron chi connectivity index (χ3n) is 5.13. The molecule has 1 aliphatic rings. The second-order valence-corrected chi connectivity index (χ2v) is 9.03. The Kier molecular flexibility index (Phi) is 8.32. The Bertz CT molecular complexity index is 994. The van der Waals surface area contributed by atoms with Gasteiger partial charge in [0.15, 0.2) is 0 Å². The van der Waals surface area contributed by atoms with Gasteiger partial charge in [0.25, 0.3) is 10.0 Å². The van der Waals surface area contributed by atoms with E-state index in [4.69, 9.17) is 14.2 Å². The molecule has 32 heavy (non-hydrogen) atoms. The molecule has 3 rings (SSSR count). The summed E-state index contributed by atoms with van der Waals surface area (Å²) in [4.78, 5) is 15.0. The first-order valence-electron chi connectivity index (χ1n) is 10.3. The predicted octanol–water partition coefficient (Wildman–Crippen LogP) is 1.35. The molecule has 0 radical (unpaired) electrons. The maximum Gasteiger partial charge on any atom is 0.264 e. The highest BCUT2D eigenvalue weighted by molar-refractivity contribution is 7.92. The van der Waals surface area contributed by atoms with Gasteiger partial charge in [0.1, 0.15) is 18.0 Å². The van der Waals surface area contributed by atoms with Gasteiger partial charge < -0.3 is 19.5 Å². The lowest BCUT2D eigenvalue weighted by molar-refractivity contribution is -0.119. The number of nitrogens with one attached hydrogen (secondary N) is 1. The maximum atomic E-state index is 13.4. The number of hydrogen-bond acceptors (Lipinski definition) is 7. The number of benzene rings is 2. The van der Waals surface area contributed by atoms with Crippen molar-refractivity contribution in [1.29, 1.82) is 0 Å². The SMILES string of the molecule is COc1ccc(N(CC(=O)NCCN2CCOCC2)S(=O)(=O)c2ccccc2)c(OC)c1. The van der Waals surface area contributed by atoms with Gasteiger partial charge in [-0.25, -0.2) is 8.42 Å². The molecule has 0 saturated carbocycles. The summed E-state index contributed by atoms with van der Waals surface area (Å²) in [5.41, 5.74) is 0.250. The fourth-order valence-electron chi connectivity index (χ4n) is 3.37. The van der Waals surface area contributed by atoms with Crippen LogP contribution in [0.4, 0.5) is 5.69 Å². The summed E-state index contributed by atoms with van der Waals surface area (Å²) in [6.45, 7) is 3.68. The van der Waals surface area contributed by atoms with Crippen LogP contribution in [0.1, 0.15) is 0 Å². The highest BCUT2D eigenvalue weighted by Gasteiger charge is 2.29. The van der Waals surface area contributed by atoms with Crippen LogP contribution in [0.25, 0.3) is 0 Å². The number of anilines is 1. The van der Waals surface area contributed by atoms with Crippen molar-refractivity contribution in [3.05, 3.63) is 48.5 Å². The van der Waals surface area contributed by atoms with Crippen molar-refractivity contribution in [2.45, 2.75) is 4.90 Å². The smallest absolute Gasteiger partial charge is 0.264 e. The molecule has 0 spiro atoms. The number of ether oxygens (including phenoxy) is 3. The Hall–Kier alpha value is -2.82. The number of nitrogens with zero attached hydrogens (tertiary/aromatic N) is 2. The van der Waals surface area contributed by atoms with Gasteiger partial charge >= 0.3 is 0 Å². The molecule has 0 atom stereocenters. The van der Waals surface area contributed by atoms with Crippen LogP contribution in [0, 0.1) is 0 Å². The van der Waals surface area contributed by atoms with Crippen molar-refractivity contribution >= 4 is 21.6 Å². The number of carbonyl (C=O) groups is 1. The van der Waals surface area contributed by atoms with Gasteiger partial charge in [-0.15, -0.1) is 0 Å². The average molecular weight is 464 g/mol. The standard InChI is InChI=1S/C22H29N3O6S/c1-29-18-8-9-20(21(16-18)30-2)25(32(27,28)19-6-4-3-5-7-19)17-22(26)23-10-11-24-12-14-31-15-13-24/h3-9,16H,10-15,17H2,1-2H3,(H,23,26). The van der Waals surface area contributed by atoms with Crippen LogP contribution in [-0.4, -0.2) is 79.4 Å². The van der Waals surface area contributed by atoms with Crippen LogP contribution in [0.15, 0.2) is 53.4 Å². The Morgan fingerprint density at radius 2 is 1.81 bits per heavy atom. The molecule has 1 N–H and O–H groups in total. The van der Waals surface area contributed by atoms with E-state index < -0.39 is 15.9 Å². The lowest BCUT2D eigenvalue weighted by Crippen LogP contribution is -2.45. The number of carbonyl (C=O) groups excluding carboxylic acids is 1. The molecule has 0 aromatic heterocycles. The monoisotopic (exact) mass is 463 g/mol. The second-order valence-electron chi connectivity index (χ2n) is 7.17. The predicted molar refractivity (Wildman–Crippen MR) is 121 cm³/mol. The van der Waals surface area contributed by atoms with Crippen LogP contribution in [0.2, 0.25) is 0 Å². The molecule has 1 amide bonds. The molecule has 1 heterocycles. The number of sulfonamides is 1. The Balaban J connectivity index is 1.82. The van der Waals surface area contributed by atoms with Crippen molar-refractivity contribution in [3.8, 4) is 11.5 Å². The molecule has 2 aromatic carbocycles. The zero-order valence-corrected chi connectivity index (χ0v) is 19.1. The fraction of sp³-hybridized carbons (Fsp3) is 0.409. The number of rotatable bonds is 10. The third-order valence-corrected chi connectivity index (χ3v) is 6.90. The summed E-state index contributed by atoms with van der Waals surface area (Å²) >= 11 is 0. The van der Waals surface area contributed by atoms with E-state index >= 15 is 0 Å². The summed E-state index contributed by atoms with van der Waals surface area (Å²) in [7, 11) is -1.07. The van der Waals surface area contributed by atoms with Crippen molar-refractivity contribution in [2.24, 2.45) is 0 Å². The molecular formula is C22H29N3O6S. The second kappa shape index (κ2) is 11.2. The highest BCUT2D eigenvalue weighted by atomic mass is 32.2. The molecule has 1 fully saturated rings. The molecule has 1 saturated heterocycles. The molecule has 9 nitrogen and oxygen atoms in total. The molecule has 2 aromatic rings. The van der Waals surface area contributed by atoms with E-state index in [1.165, 1.54) is 26.4 Å². The summed E-state index contributed by atoms with van der Waals surface area (Å²) in [5.74, 6) is 0.387. The van der Waals surface area contributed by atoms with E-state index in [1.807, 2.05) is 0 Å². The summed E-state index contributed by atoms with van der Waals surface area (Å²) < 4.78 is 43.9. The van der Waals surface area contributed by atoms with E-state index in [1.54, 1.807) is 36.4 Å². The zero-order valence-electron chi connectivity index (χ0n) is 18.3. The van der Waals surface area contributed by atoms with E-state index in [0.29, 0.717) is 32.1 Å². The lowest BCUT2D eigenvalue weighted by atomic mass is 10.2. The van der Waals surface area contributed by atoms with Gasteiger partial charge in [-0.2, -0.15) is 0 Å². The summed E-state index contributed by atoms with van der Waals surface area (Å²) in [6, 6.07) is 12.8. The molecule has 0 unspecified atom stereocenters. The van der Waals surface area contributed by atoms with Crippen LogP contribution in [0.5, 0.6) is 11.5 Å². The Morgan fingerprint density at radius 3 is 2.47 bits per heavy atom. The van der Waals surface area contributed by atoms with Gasteiger partial charge in [0.2, 0.25) is 5.91 Å². The number of hydrogen-bond donors (Lipinski definition) is 1. The zero-order chi connectivity index (χ0) is 23.0. The quantitative estimate of drug-likeness (QED) is 0.568. The molecule has 0 bridgehead atoms. The minimum absolute atomic E-state index is 0.0824. The van der Waals surface area contributed by atoms with Crippen molar-refractivity contribution < 1.29 is 27.4 Å². The van der Waals surface area contributed by atoms with E-state index in [0.717, 1.165) is 17.4 Å². The van der Waals surface area contributed by atoms with Crippen molar-refractivity contribution in [3.63, 3.8) is 0 Å². The Morgan fingerprint density at radius 1 is 1.09 bits per heavy atom. The van der Waals surface area contributed by atoms with E-state index in [9.17, 15) is 13.2 Å². The Labute approximate surface area is 188 Å². The van der Waals surface area contributed by atoms with Crippen molar-refractivity contribution in [2.75, 3.05) is 64.5 Å². The lowest BCUT2D eigenvalue weighted by Gasteiger charge is -2.27. The van der Waals surface area contributed by atoms with E-state index in [2.05, 4.69) is 10.2 Å². The highest BCUT2D eigenvalue weighted by Crippen LogP contribution is 2.35. The third kappa shape index (κ3) is 5.90. The van der Waals surface area contributed by atoms with Gasteiger partial charge in [-0.1, -0.05) is 18.2 Å².